The van der Waals surface area contributed by atoms with E-state index in [1.54, 1.807) is 0 Å². The maximum absolute atomic E-state index is 12.3. The van der Waals surface area contributed by atoms with Crippen molar-refractivity contribution in [2.75, 3.05) is 11.9 Å². The van der Waals surface area contributed by atoms with Crippen LogP contribution in [-0.2, 0) is 6.42 Å². The predicted molar refractivity (Wildman–Crippen MR) is 113 cm³/mol. The molecule has 2 N–H and O–H groups in total. The number of rotatable bonds is 7. The maximum atomic E-state index is 12.3. The number of hydrogen-bond donors (Lipinski definition) is 2. The van der Waals surface area contributed by atoms with Gasteiger partial charge in [-0.15, -0.1) is 0 Å². The Bertz CT molecular complexity index is 924. The van der Waals surface area contributed by atoms with Gasteiger partial charge in [0.25, 0.3) is 5.91 Å². The van der Waals surface area contributed by atoms with Crippen LogP contribution in [-0.4, -0.2) is 22.4 Å². The van der Waals surface area contributed by atoms with Crippen molar-refractivity contribution in [3.05, 3.63) is 82.6 Å². The minimum absolute atomic E-state index is 0.192. The molecule has 0 aliphatic carbocycles. The van der Waals surface area contributed by atoms with Crippen LogP contribution in [0.4, 0.5) is 11.6 Å². The molecule has 0 bridgehead atoms. The molecule has 0 spiro atoms. The minimum Gasteiger partial charge on any atom is -0.352 e. The smallest absolute Gasteiger partial charge is 0.254 e. The third-order valence-corrected chi connectivity index (χ3v) is 4.61. The van der Waals surface area contributed by atoms with Gasteiger partial charge < -0.3 is 10.6 Å². The molecule has 0 saturated carbocycles. The van der Waals surface area contributed by atoms with Gasteiger partial charge in [0.15, 0.2) is 0 Å². The van der Waals surface area contributed by atoms with E-state index < -0.39 is 0 Å². The van der Waals surface area contributed by atoms with Crippen molar-refractivity contribution in [1.29, 1.82) is 0 Å². The monoisotopic (exact) mass is 394 g/mol. The molecular formula is C22H23ClN4O. The van der Waals surface area contributed by atoms with Crippen LogP contribution >= 0.6 is 11.6 Å². The van der Waals surface area contributed by atoms with Gasteiger partial charge in [-0.3, -0.25) is 4.79 Å². The zero-order chi connectivity index (χ0) is 19.9. The van der Waals surface area contributed by atoms with E-state index in [0.717, 1.165) is 17.7 Å². The lowest BCUT2D eigenvalue weighted by molar-refractivity contribution is 0.0953. The van der Waals surface area contributed by atoms with E-state index in [1.165, 1.54) is 18.0 Å². The molecule has 1 amide bonds. The highest BCUT2D eigenvalue weighted by atomic mass is 35.5. The van der Waals surface area contributed by atoms with Crippen LogP contribution in [0.2, 0.25) is 5.02 Å². The summed E-state index contributed by atoms with van der Waals surface area (Å²) < 4.78 is 0. The molecule has 3 aromatic rings. The third-order valence-electron chi connectivity index (χ3n) is 4.36. The van der Waals surface area contributed by atoms with Gasteiger partial charge in [0.05, 0.1) is 5.56 Å². The molecule has 0 atom stereocenters. The Kier molecular flexibility index (Phi) is 6.61. The lowest BCUT2D eigenvalue weighted by Gasteiger charge is -2.13. The molecule has 0 unspecified atom stereocenters. The Hall–Kier alpha value is -2.92. The second-order valence-corrected chi connectivity index (χ2v) is 7.23. The normalized spacial score (nSPS) is 10.7. The molecule has 0 aliphatic rings. The lowest BCUT2D eigenvalue weighted by Crippen LogP contribution is -2.26. The molecule has 6 heteroatoms. The van der Waals surface area contributed by atoms with Crippen LogP contribution in [0.5, 0.6) is 0 Å². The van der Waals surface area contributed by atoms with E-state index in [1.807, 2.05) is 42.5 Å². The molecule has 0 fully saturated rings. The number of anilines is 2. The maximum Gasteiger partial charge on any atom is 0.254 e. The average Bonchev–Trinajstić information content (AvgIpc) is 2.70. The topological polar surface area (TPSA) is 66.9 Å². The van der Waals surface area contributed by atoms with Gasteiger partial charge in [0, 0.05) is 29.6 Å². The SMILES string of the molecule is CC(C)c1ccccc1Nc1ncc(C(=O)NCCc2ccc(Cl)cc2)cn1. The van der Waals surface area contributed by atoms with Gasteiger partial charge in [-0.05, 0) is 41.7 Å². The lowest BCUT2D eigenvalue weighted by atomic mass is 10.0. The second-order valence-electron chi connectivity index (χ2n) is 6.79. The Morgan fingerprint density at radius 3 is 2.39 bits per heavy atom. The number of nitrogens with zero attached hydrogens (tertiary/aromatic N) is 2. The van der Waals surface area contributed by atoms with Gasteiger partial charge in [-0.1, -0.05) is 55.8 Å². The molecule has 1 aromatic heterocycles. The Labute approximate surface area is 170 Å². The number of amides is 1. The highest BCUT2D eigenvalue weighted by Crippen LogP contribution is 2.25. The molecule has 1 heterocycles. The standard InChI is InChI=1S/C22H23ClN4O/c1-15(2)19-5-3-4-6-20(19)27-22-25-13-17(14-26-22)21(28)24-12-11-16-7-9-18(23)10-8-16/h3-10,13-15H,11-12H2,1-2H3,(H,24,28)(H,25,26,27). The summed E-state index contributed by atoms with van der Waals surface area (Å²) in [5, 5.41) is 6.81. The van der Waals surface area contributed by atoms with Crippen molar-refractivity contribution < 1.29 is 4.79 Å². The van der Waals surface area contributed by atoms with Crippen molar-refractivity contribution in [3.8, 4) is 0 Å². The van der Waals surface area contributed by atoms with Crippen molar-refractivity contribution in [1.82, 2.24) is 15.3 Å². The molecule has 5 nitrogen and oxygen atoms in total. The van der Waals surface area contributed by atoms with E-state index in [4.69, 9.17) is 11.6 Å². The summed E-state index contributed by atoms with van der Waals surface area (Å²) in [5.41, 5.74) is 3.70. The van der Waals surface area contributed by atoms with Crippen LogP contribution in [0.3, 0.4) is 0 Å². The fourth-order valence-corrected chi connectivity index (χ4v) is 2.94. The first kappa shape index (κ1) is 19.8. The van der Waals surface area contributed by atoms with Crippen molar-refractivity contribution in [2.24, 2.45) is 0 Å². The summed E-state index contributed by atoms with van der Waals surface area (Å²) in [6, 6.07) is 15.6. The molecule has 0 saturated heterocycles. The first-order valence-corrected chi connectivity index (χ1v) is 9.61. The first-order valence-electron chi connectivity index (χ1n) is 9.23. The van der Waals surface area contributed by atoms with Crippen LogP contribution in [0, 0.1) is 0 Å². The number of aromatic nitrogens is 2. The number of hydrogen-bond acceptors (Lipinski definition) is 4. The van der Waals surface area contributed by atoms with Gasteiger partial charge in [-0.2, -0.15) is 0 Å². The Morgan fingerprint density at radius 2 is 1.71 bits per heavy atom. The van der Waals surface area contributed by atoms with Gasteiger partial charge in [0.1, 0.15) is 0 Å². The molecule has 3 rings (SSSR count). The summed E-state index contributed by atoms with van der Waals surface area (Å²) in [5.74, 6) is 0.656. The molecular weight excluding hydrogens is 372 g/mol. The summed E-state index contributed by atoms with van der Waals surface area (Å²) in [7, 11) is 0. The zero-order valence-electron chi connectivity index (χ0n) is 15.9. The average molecular weight is 395 g/mol. The summed E-state index contributed by atoms with van der Waals surface area (Å²) in [4.78, 5) is 20.8. The van der Waals surface area contributed by atoms with E-state index in [0.29, 0.717) is 29.0 Å². The van der Waals surface area contributed by atoms with Crippen molar-refractivity contribution in [2.45, 2.75) is 26.2 Å². The van der Waals surface area contributed by atoms with Gasteiger partial charge in [0.2, 0.25) is 5.95 Å². The van der Waals surface area contributed by atoms with E-state index in [-0.39, 0.29) is 5.91 Å². The molecule has 28 heavy (non-hydrogen) atoms. The van der Waals surface area contributed by atoms with E-state index in [9.17, 15) is 4.79 Å². The number of benzene rings is 2. The number of carbonyl (C=O) groups is 1. The fraction of sp³-hybridized carbons (Fsp3) is 0.227. The van der Waals surface area contributed by atoms with Crippen molar-refractivity contribution in [3.63, 3.8) is 0 Å². The molecule has 0 radical (unpaired) electrons. The van der Waals surface area contributed by atoms with Gasteiger partial charge >= 0.3 is 0 Å². The summed E-state index contributed by atoms with van der Waals surface area (Å²) in [6.45, 7) is 4.81. The second kappa shape index (κ2) is 9.33. The quantitative estimate of drug-likeness (QED) is 0.593. The molecule has 2 aromatic carbocycles. The predicted octanol–water partition coefficient (Wildman–Crippen LogP) is 4.97. The fourth-order valence-electron chi connectivity index (χ4n) is 2.82. The Morgan fingerprint density at radius 1 is 1.04 bits per heavy atom. The highest BCUT2D eigenvalue weighted by molar-refractivity contribution is 6.30. The molecule has 0 aliphatic heterocycles. The highest BCUT2D eigenvalue weighted by Gasteiger charge is 2.09. The number of carbonyl (C=O) groups excluding carboxylic acids is 1. The number of para-hydroxylation sites is 1. The number of nitrogens with one attached hydrogen (secondary N) is 2. The minimum atomic E-state index is -0.192. The van der Waals surface area contributed by atoms with Crippen LogP contribution < -0.4 is 10.6 Å². The van der Waals surface area contributed by atoms with E-state index >= 15 is 0 Å². The first-order chi connectivity index (χ1) is 13.5. The van der Waals surface area contributed by atoms with Crippen LogP contribution in [0.25, 0.3) is 0 Å². The van der Waals surface area contributed by atoms with Crippen LogP contribution in [0.15, 0.2) is 60.9 Å². The Balaban J connectivity index is 1.56. The summed E-state index contributed by atoms with van der Waals surface area (Å²) in [6.07, 6.45) is 3.80. The van der Waals surface area contributed by atoms with Crippen LogP contribution in [0.1, 0.15) is 41.3 Å². The number of halogens is 1. The molecule has 144 valence electrons. The van der Waals surface area contributed by atoms with Gasteiger partial charge in [-0.25, -0.2) is 9.97 Å². The summed E-state index contributed by atoms with van der Waals surface area (Å²) >= 11 is 5.88. The zero-order valence-corrected chi connectivity index (χ0v) is 16.7. The largest absolute Gasteiger partial charge is 0.352 e. The third kappa shape index (κ3) is 5.30. The van der Waals surface area contributed by atoms with Crippen molar-refractivity contribution >= 4 is 29.1 Å². The van der Waals surface area contributed by atoms with E-state index in [2.05, 4.69) is 40.5 Å².